The number of pyridine rings is 1. The van der Waals surface area contributed by atoms with Crippen LogP contribution in [0.3, 0.4) is 0 Å². The highest BCUT2D eigenvalue weighted by molar-refractivity contribution is 6.06. The quantitative estimate of drug-likeness (QED) is 0.468. The highest BCUT2D eigenvalue weighted by atomic mass is 16.1. The molecule has 7 nitrogen and oxygen atoms in total. The lowest BCUT2D eigenvalue weighted by atomic mass is 9.71. The Morgan fingerprint density at radius 1 is 1.10 bits per heavy atom. The van der Waals surface area contributed by atoms with Gasteiger partial charge >= 0.3 is 0 Å². The molecule has 1 atom stereocenters. The van der Waals surface area contributed by atoms with Gasteiger partial charge in [0.25, 0.3) is 0 Å². The fourth-order valence-electron chi connectivity index (χ4n) is 4.68. The van der Waals surface area contributed by atoms with Gasteiger partial charge < -0.3 is 16.0 Å². The van der Waals surface area contributed by atoms with Crippen LogP contribution in [0.15, 0.2) is 59.9 Å². The van der Waals surface area contributed by atoms with Gasteiger partial charge in [-0.15, -0.1) is 0 Å². The van der Waals surface area contributed by atoms with Crippen molar-refractivity contribution in [3.05, 3.63) is 60.4 Å². The Kier molecular flexibility index (Phi) is 4.66. The van der Waals surface area contributed by atoms with E-state index in [4.69, 9.17) is 11.5 Å². The standard InChI is InChI=1S/C24H24N6O/c25-22-20-21(16-7-1-3-9-18(16)29-22)30(15-28-20)14-6-5-11-24(23(26)31)12-13-27-19-10-4-2-8-17(19)24/h1-4,7-10,13,15H,5-6,11-12,14H2,(H2,25,29)(H2,26,31). The molecule has 0 radical (unpaired) electrons. The summed E-state index contributed by atoms with van der Waals surface area (Å²) in [6.45, 7) is 0.772. The molecule has 7 heteroatoms. The predicted octanol–water partition coefficient (Wildman–Crippen LogP) is 3.87. The normalized spacial score (nSPS) is 17.8. The van der Waals surface area contributed by atoms with Gasteiger partial charge in [-0.1, -0.05) is 42.8 Å². The summed E-state index contributed by atoms with van der Waals surface area (Å²) in [6, 6.07) is 15.7. The molecule has 0 bridgehead atoms. The third-order valence-corrected chi connectivity index (χ3v) is 6.29. The van der Waals surface area contributed by atoms with Crippen LogP contribution in [0.25, 0.3) is 21.9 Å². The smallest absolute Gasteiger partial charge is 0.228 e. The first-order valence-electron chi connectivity index (χ1n) is 10.5. The molecule has 1 aliphatic heterocycles. The number of amides is 1. The lowest BCUT2D eigenvalue weighted by Crippen LogP contribution is -2.42. The van der Waals surface area contributed by atoms with Crippen LogP contribution in [-0.4, -0.2) is 26.7 Å². The average Bonchev–Trinajstić information content (AvgIpc) is 3.22. The molecule has 4 aromatic rings. The Labute approximate surface area is 179 Å². The number of carbonyl (C=O) groups is 1. The number of aliphatic imine (C=N–C) groups is 1. The minimum absolute atomic E-state index is 0.288. The second-order valence-corrected chi connectivity index (χ2v) is 8.09. The topological polar surface area (TPSA) is 112 Å². The number of primary amides is 1. The van der Waals surface area contributed by atoms with Gasteiger partial charge in [0.1, 0.15) is 5.52 Å². The van der Waals surface area contributed by atoms with Gasteiger partial charge in [0.15, 0.2) is 5.82 Å². The zero-order valence-corrected chi connectivity index (χ0v) is 17.2. The number of nitrogens with zero attached hydrogens (tertiary/aromatic N) is 4. The van der Waals surface area contributed by atoms with E-state index in [1.165, 1.54) is 0 Å². The second kappa shape index (κ2) is 7.50. The van der Waals surface area contributed by atoms with Gasteiger partial charge in [0, 0.05) is 24.6 Å². The fraction of sp³-hybridized carbons (Fsp3) is 0.250. The van der Waals surface area contributed by atoms with Crippen molar-refractivity contribution in [2.24, 2.45) is 10.7 Å². The van der Waals surface area contributed by atoms with Crippen LogP contribution in [-0.2, 0) is 16.8 Å². The van der Waals surface area contributed by atoms with E-state index in [-0.39, 0.29) is 5.91 Å². The van der Waals surface area contributed by atoms with E-state index in [0.717, 1.165) is 52.6 Å². The lowest BCUT2D eigenvalue weighted by Gasteiger charge is -2.33. The highest BCUT2D eigenvalue weighted by Crippen LogP contribution is 2.41. The third-order valence-electron chi connectivity index (χ3n) is 6.29. The molecule has 5 rings (SSSR count). The largest absolute Gasteiger partial charge is 0.382 e. The van der Waals surface area contributed by atoms with Gasteiger partial charge in [-0.3, -0.25) is 9.79 Å². The summed E-state index contributed by atoms with van der Waals surface area (Å²) in [5.74, 6) is 0.155. The number of fused-ring (bicyclic) bond motifs is 4. The summed E-state index contributed by atoms with van der Waals surface area (Å²) >= 11 is 0. The molecule has 1 aliphatic rings. The number of para-hydroxylation sites is 2. The van der Waals surface area contributed by atoms with Crippen molar-refractivity contribution in [3.63, 3.8) is 0 Å². The zero-order valence-electron chi connectivity index (χ0n) is 17.2. The van der Waals surface area contributed by atoms with Crippen molar-refractivity contribution >= 4 is 45.6 Å². The number of hydrogen-bond acceptors (Lipinski definition) is 5. The van der Waals surface area contributed by atoms with E-state index >= 15 is 0 Å². The van der Waals surface area contributed by atoms with E-state index < -0.39 is 5.41 Å². The monoisotopic (exact) mass is 412 g/mol. The van der Waals surface area contributed by atoms with Gasteiger partial charge in [-0.05, 0) is 30.5 Å². The Morgan fingerprint density at radius 3 is 2.77 bits per heavy atom. The number of aromatic nitrogens is 3. The maximum absolute atomic E-state index is 12.5. The molecule has 2 aromatic heterocycles. The van der Waals surface area contributed by atoms with Crippen molar-refractivity contribution < 1.29 is 4.79 Å². The molecule has 156 valence electrons. The number of unbranched alkanes of at least 4 members (excludes halogenated alkanes) is 1. The Balaban J connectivity index is 1.38. The maximum Gasteiger partial charge on any atom is 0.228 e. The minimum Gasteiger partial charge on any atom is -0.382 e. The van der Waals surface area contributed by atoms with Crippen LogP contribution >= 0.6 is 0 Å². The molecular formula is C24H24N6O. The molecule has 0 fully saturated rings. The number of anilines is 1. The molecule has 0 spiro atoms. The Morgan fingerprint density at radius 2 is 1.90 bits per heavy atom. The van der Waals surface area contributed by atoms with E-state index in [9.17, 15) is 4.79 Å². The van der Waals surface area contributed by atoms with Crippen LogP contribution < -0.4 is 11.5 Å². The minimum atomic E-state index is -0.698. The van der Waals surface area contributed by atoms with Gasteiger partial charge in [0.05, 0.1) is 28.5 Å². The molecule has 3 heterocycles. The van der Waals surface area contributed by atoms with E-state index in [0.29, 0.717) is 18.7 Å². The van der Waals surface area contributed by atoms with E-state index in [1.807, 2.05) is 61.1 Å². The lowest BCUT2D eigenvalue weighted by molar-refractivity contribution is -0.123. The highest BCUT2D eigenvalue weighted by Gasteiger charge is 2.40. The number of nitrogen functional groups attached to an aromatic ring is 1. The number of carbonyl (C=O) groups excluding carboxylic acids is 1. The molecule has 1 amide bonds. The molecule has 1 unspecified atom stereocenters. The van der Waals surface area contributed by atoms with Crippen molar-refractivity contribution in [1.29, 1.82) is 0 Å². The summed E-state index contributed by atoms with van der Waals surface area (Å²) in [6.07, 6.45) is 6.60. The Hall–Kier alpha value is -3.74. The van der Waals surface area contributed by atoms with Crippen molar-refractivity contribution in [1.82, 2.24) is 14.5 Å². The third kappa shape index (κ3) is 3.13. The Bertz CT molecular complexity index is 1320. The molecule has 2 aromatic carbocycles. The molecule has 0 saturated carbocycles. The molecule has 0 saturated heterocycles. The van der Waals surface area contributed by atoms with Crippen LogP contribution in [0.1, 0.15) is 31.2 Å². The van der Waals surface area contributed by atoms with Crippen molar-refractivity contribution in [3.8, 4) is 0 Å². The van der Waals surface area contributed by atoms with Crippen molar-refractivity contribution in [2.75, 3.05) is 5.73 Å². The van der Waals surface area contributed by atoms with Crippen LogP contribution in [0.4, 0.5) is 11.5 Å². The van der Waals surface area contributed by atoms with Gasteiger partial charge in [-0.25, -0.2) is 9.97 Å². The summed E-state index contributed by atoms with van der Waals surface area (Å²) in [4.78, 5) is 25.9. The number of aryl methyl sites for hydroxylation is 1. The van der Waals surface area contributed by atoms with Crippen LogP contribution in [0, 0.1) is 0 Å². The number of hydrogen-bond donors (Lipinski definition) is 2. The number of nitrogens with two attached hydrogens (primary N) is 2. The summed E-state index contributed by atoms with van der Waals surface area (Å²) in [5.41, 5.74) is 15.7. The average molecular weight is 412 g/mol. The number of rotatable bonds is 6. The first kappa shape index (κ1) is 19.2. The maximum atomic E-state index is 12.5. The molecule has 31 heavy (non-hydrogen) atoms. The van der Waals surface area contributed by atoms with E-state index in [1.54, 1.807) is 0 Å². The SMILES string of the molecule is NC(=O)C1(CCCCn2cnc3c(N)nc4ccccc4c32)CC=Nc2ccccc21. The summed E-state index contributed by atoms with van der Waals surface area (Å²) in [7, 11) is 0. The van der Waals surface area contributed by atoms with E-state index in [2.05, 4.69) is 19.5 Å². The predicted molar refractivity (Wildman–Crippen MR) is 123 cm³/mol. The first-order chi connectivity index (χ1) is 15.1. The fourth-order valence-corrected chi connectivity index (χ4v) is 4.68. The molecule has 0 aliphatic carbocycles. The van der Waals surface area contributed by atoms with Gasteiger partial charge in [-0.2, -0.15) is 0 Å². The number of imidazole rings is 1. The summed E-state index contributed by atoms with van der Waals surface area (Å²) in [5, 5.41) is 1.04. The molecular weight excluding hydrogens is 388 g/mol. The molecule has 4 N–H and O–H groups in total. The van der Waals surface area contributed by atoms with Gasteiger partial charge in [0.2, 0.25) is 5.91 Å². The van der Waals surface area contributed by atoms with Crippen LogP contribution in [0.5, 0.6) is 0 Å². The first-order valence-corrected chi connectivity index (χ1v) is 10.5. The van der Waals surface area contributed by atoms with Crippen LogP contribution in [0.2, 0.25) is 0 Å². The second-order valence-electron chi connectivity index (χ2n) is 8.09. The number of benzene rings is 2. The van der Waals surface area contributed by atoms with Crippen molar-refractivity contribution in [2.45, 2.75) is 37.6 Å². The zero-order chi connectivity index (χ0) is 21.4. The summed E-state index contributed by atoms with van der Waals surface area (Å²) < 4.78 is 2.13.